The van der Waals surface area contributed by atoms with Gasteiger partial charge in [-0.3, -0.25) is 5.32 Å². The Hall–Kier alpha value is -5.52. The number of rotatable bonds is 10. The quantitative estimate of drug-likeness (QED) is 0.126. The first-order valence-electron chi connectivity index (χ1n) is 19.2. The summed E-state index contributed by atoms with van der Waals surface area (Å²) in [5.41, 5.74) is 10.3. The first-order valence-corrected chi connectivity index (χ1v) is 19.2. The molecule has 0 spiro atoms. The van der Waals surface area contributed by atoms with E-state index < -0.39 is 11.6 Å². The van der Waals surface area contributed by atoms with Crippen molar-refractivity contribution >= 4 is 12.2 Å². The molecule has 0 aromatic heterocycles. The molecule has 4 atom stereocenters. The summed E-state index contributed by atoms with van der Waals surface area (Å²) in [6, 6.07) is 49.6. The van der Waals surface area contributed by atoms with Crippen molar-refractivity contribution in [3.05, 3.63) is 179 Å². The van der Waals surface area contributed by atoms with Crippen LogP contribution in [-0.4, -0.2) is 84.7 Å². The second kappa shape index (κ2) is 21.1. The SMILES string of the molecule is C.CO[C@@H]1CCN(C(=O)OCc2ccccc2)C[C@@H]1N.O=C(OCc1ccccc1)N1CC[C@@H](O)[C@@H](NC(c2ccccc2)(c2ccccc2)c2ccccc2)C1. The Labute approximate surface area is 337 Å². The minimum Gasteiger partial charge on any atom is -0.445 e. The van der Waals surface area contributed by atoms with Crippen molar-refractivity contribution in [2.24, 2.45) is 5.73 Å². The second-order valence-corrected chi connectivity index (χ2v) is 14.2. The molecule has 5 aromatic rings. The van der Waals surface area contributed by atoms with Crippen LogP contribution < -0.4 is 11.1 Å². The summed E-state index contributed by atoms with van der Waals surface area (Å²) >= 11 is 0. The number of aliphatic hydroxyl groups is 1. The Bertz CT molecular complexity index is 1820. The number of benzene rings is 5. The molecular weight excluding hydrogens is 717 g/mol. The highest BCUT2D eigenvalue weighted by molar-refractivity contribution is 5.68. The number of likely N-dealkylation sites (tertiary alicyclic amines) is 2. The lowest BCUT2D eigenvalue weighted by molar-refractivity contribution is 0.0183. The van der Waals surface area contributed by atoms with Gasteiger partial charge in [0, 0.05) is 39.3 Å². The Morgan fingerprint density at radius 3 is 1.44 bits per heavy atom. The lowest BCUT2D eigenvalue weighted by atomic mass is 9.76. The van der Waals surface area contributed by atoms with Crippen molar-refractivity contribution in [2.45, 2.75) is 63.3 Å². The summed E-state index contributed by atoms with van der Waals surface area (Å²) in [5, 5.41) is 15.0. The van der Waals surface area contributed by atoms with E-state index in [0.29, 0.717) is 39.2 Å². The number of hydrogen-bond donors (Lipinski definition) is 3. The molecule has 4 N–H and O–H groups in total. The third kappa shape index (κ3) is 11.1. The maximum Gasteiger partial charge on any atom is 0.410 e. The topological polar surface area (TPSA) is 127 Å². The molecule has 2 aliphatic rings. The molecule has 2 fully saturated rings. The molecule has 7 rings (SSSR count). The predicted octanol–water partition coefficient (Wildman–Crippen LogP) is 7.35. The number of carbonyl (C=O) groups excluding carboxylic acids is 2. The average Bonchev–Trinajstić information content (AvgIpc) is 3.26. The smallest absolute Gasteiger partial charge is 0.410 e. The molecule has 300 valence electrons. The van der Waals surface area contributed by atoms with Crippen LogP contribution in [0, 0.1) is 0 Å². The summed E-state index contributed by atoms with van der Waals surface area (Å²) in [7, 11) is 1.65. The fourth-order valence-electron chi connectivity index (χ4n) is 7.38. The van der Waals surface area contributed by atoms with Gasteiger partial charge >= 0.3 is 12.2 Å². The van der Waals surface area contributed by atoms with E-state index in [-0.39, 0.29) is 44.4 Å². The molecule has 2 amide bonds. The van der Waals surface area contributed by atoms with Crippen LogP contribution in [0.4, 0.5) is 9.59 Å². The largest absolute Gasteiger partial charge is 0.445 e. The fourth-order valence-corrected chi connectivity index (χ4v) is 7.38. The van der Waals surface area contributed by atoms with Gasteiger partial charge in [0.2, 0.25) is 0 Å². The van der Waals surface area contributed by atoms with Crippen molar-refractivity contribution in [3.8, 4) is 0 Å². The average molecular weight is 773 g/mol. The summed E-state index contributed by atoms with van der Waals surface area (Å²) in [4.78, 5) is 28.2. The number of piperidine rings is 2. The van der Waals surface area contributed by atoms with Crippen molar-refractivity contribution in [1.82, 2.24) is 15.1 Å². The molecular formula is C47H56N4O6. The van der Waals surface area contributed by atoms with Crippen molar-refractivity contribution < 1.29 is 28.9 Å². The molecule has 10 heteroatoms. The van der Waals surface area contributed by atoms with Gasteiger partial charge in [0.25, 0.3) is 0 Å². The fraction of sp³-hybridized carbons (Fsp3) is 0.319. The van der Waals surface area contributed by atoms with Crippen LogP contribution in [0.5, 0.6) is 0 Å². The number of aliphatic hydroxyl groups excluding tert-OH is 1. The van der Waals surface area contributed by atoms with Gasteiger partial charge in [-0.05, 0) is 40.7 Å². The normalized spacial score (nSPS) is 19.3. The lowest BCUT2D eigenvalue weighted by Gasteiger charge is -2.44. The van der Waals surface area contributed by atoms with E-state index in [1.54, 1.807) is 16.9 Å². The van der Waals surface area contributed by atoms with E-state index in [2.05, 4.69) is 41.7 Å². The van der Waals surface area contributed by atoms with Gasteiger partial charge < -0.3 is 34.9 Å². The molecule has 0 radical (unpaired) electrons. The van der Waals surface area contributed by atoms with E-state index in [1.807, 2.05) is 115 Å². The third-order valence-corrected chi connectivity index (χ3v) is 10.4. The van der Waals surface area contributed by atoms with Gasteiger partial charge in [-0.1, -0.05) is 159 Å². The van der Waals surface area contributed by atoms with Crippen molar-refractivity contribution in [2.75, 3.05) is 33.3 Å². The van der Waals surface area contributed by atoms with E-state index in [9.17, 15) is 14.7 Å². The first kappa shape index (κ1) is 42.6. The van der Waals surface area contributed by atoms with Gasteiger partial charge in [0.15, 0.2) is 0 Å². The van der Waals surface area contributed by atoms with E-state index in [1.165, 1.54) is 0 Å². The zero-order chi connectivity index (χ0) is 39.2. The van der Waals surface area contributed by atoms with Crippen LogP contribution >= 0.6 is 0 Å². The number of nitrogens with two attached hydrogens (primary N) is 1. The Morgan fingerprint density at radius 2 is 1.04 bits per heavy atom. The maximum atomic E-state index is 13.0. The lowest BCUT2D eigenvalue weighted by Crippen LogP contribution is -2.61. The summed E-state index contributed by atoms with van der Waals surface area (Å²) in [6.45, 7) is 2.40. The monoisotopic (exact) mass is 772 g/mol. The molecule has 0 aliphatic carbocycles. The molecule has 2 saturated heterocycles. The summed E-state index contributed by atoms with van der Waals surface area (Å²) < 4.78 is 16.1. The van der Waals surface area contributed by atoms with Crippen molar-refractivity contribution in [1.29, 1.82) is 0 Å². The maximum absolute atomic E-state index is 13.0. The van der Waals surface area contributed by atoms with Crippen LogP contribution in [0.3, 0.4) is 0 Å². The molecule has 0 unspecified atom stereocenters. The molecule has 5 aromatic carbocycles. The minimum absolute atomic E-state index is 0. The second-order valence-electron chi connectivity index (χ2n) is 14.2. The van der Waals surface area contributed by atoms with E-state index in [0.717, 1.165) is 34.2 Å². The Morgan fingerprint density at radius 1 is 0.649 bits per heavy atom. The highest BCUT2D eigenvalue weighted by Gasteiger charge is 2.42. The molecule has 0 saturated carbocycles. The zero-order valence-electron chi connectivity index (χ0n) is 31.9. The first-order chi connectivity index (χ1) is 27.4. The van der Waals surface area contributed by atoms with Crippen LogP contribution in [0.25, 0.3) is 0 Å². The van der Waals surface area contributed by atoms with Gasteiger partial charge in [0.1, 0.15) is 13.2 Å². The number of hydrogen-bond acceptors (Lipinski definition) is 8. The molecule has 2 aliphatic heterocycles. The summed E-state index contributed by atoms with van der Waals surface area (Å²) in [6.07, 6.45) is -0.0574. The van der Waals surface area contributed by atoms with Gasteiger partial charge in [0.05, 0.1) is 23.8 Å². The van der Waals surface area contributed by atoms with E-state index in [4.69, 9.17) is 19.9 Å². The molecule has 10 nitrogen and oxygen atoms in total. The van der Waals surface area contributed by atoms with Crippen LogP contribution in [0.15, 0.2) is 152 Å². The number of ether oxygens (including phenoxy) is 3. The van der Waals surface area contributed by atoms with Gasteiger partial charge in [-0.2, -0.15) is 0 Å². The predicted molar refractivity (Wildman–Crippen MR) is 223 cm³/mol. The molecule has 0 bridgehead atoms. The number of methoxy groups -OCH3 is 1. The number of amides is 2. The highest BCUT2D eigenvalue weighted by Crippen LogP contribution is 2.38. The number of nitrogens with zero attached hydrogens (tertiary/aromatic N) is 2. The van der Waals surface area contributed by atoms with Gasteiger partial charge in [-0.15, -0.1) is 0 Å². The zero-order valence-corrected chi connectivity index (χ0v) is 31.9. The minimum atomic E-state index is -0.730. The third-order valence-electron chi connectivity index (χ3n) is 10.4. The number of nitrogens with one attached hydrogen (secondary N) is 1. The van der Waals surface area contributed by atoms with Crippen molar-refractivity contribution in [3.63, 3.8) is 0 Å². The Kier molecular flexibility index (Phi) is 15.8. The highest BCUT2D eigenvalue weighted by atomic mass is 16.6. The van der Waals surface area contributed by atoms with E-state index >= 15 is 0 Å². The summed E-state index contributed by atoms with van der Waals surface area (Å²) in [5.74, 6) is 0. The van der Waals surface area contributed by atoms with Crippen LogP contribution in [0.2, 0.25) is 0 Å². The molecule has 57 heavy (non-hydrogen) atoms. The van der Waals surface area contributed by atoms with Crippen LogP contribution in [-0.2, 0) is 33.0 Å². The number of carbonyl (C=O) groups is 2. The van der Waals surface area contributed by atoms with Crippen LogP contribution in [0.1, 0.15) is 48.1 Å². The molecule has 2 heterocycles. The standard InChI is InChI=1S/C32H32N2O3.C14H20N2O3.CH4/c35-30-21-22-34(31(36)37-24-25-13-5-1-6-14-25)23-29(30)33-32(26-15-7-2-8-16-26,27-17-9-3-10-18-27)28-19-11-4-12-20-28;1-18-13-7-8-16(9-12(13)15)14(17)19-10-11-5-3-2-4-6-11;/h1-20,29-30,33,35H,21-24H2;2-6,12-13H,7-10,15H2,1H3;1H4/t29-,30+;12-,13+;/m00./s1. The van der Waals surface area contributed by atoms with Gasteiger partial charge in [-0.25, -0.2) is 9.59 Å². The Balaban J connectivity index is 0.000000262.